The SMILES string of the molecule is c1ccc2c(-n3c4ccc(cc4)c4ccc(cc4)n(-c4cccc5ccccc45)c4cccc(c4)n(-c4cccc5ccccc45)c4ccc(cc4)c4ccc(cc4)n(-c4cccc5ccccc45)c4cccc3c4)cccc2c1. The number of rotatable bonds is 4. The maximum atomic E-state index is 2.41. The normalized spacial score (nSPS) is 11.5. The van der Waals surface area contributed by atoms with Crippen LogP contribution in [0.3, 0.4) is 0 Å². The fraction of sp³-hybridized carbons (Fsp3) is 0. The minimum atomic E-state index is 1.05. The highest BCUT2D eigenvalue weighted by molar-refractivity contribution is 5.97. The fourth-order valence-electron chi connectivity index (χ4n) is 12.1. The van der Waals surface area contributed by atoms with Crippen molar-refractivity contribution < 1.29 is 0 Å². The lowest BCUT2D eigenvalue weighted by molar-refractivity contribution is 1.15. The van der Waals surface area contributed by atoms with Crippen molar-refractivity contribution in [2.24, 2.45) is 0 Å². The van der Waals surface area contributed by atoms with Gasteiger partial charge in [-0.2, -0.15) is 0 Å². The maximum Gasteiger partial charge on any atom is 0.0540 e. The number of hydrogen-bond donors (Lipinski definition) is 0. The smallest absolute Gasteiger partial charge is 0.0540 e. The number of benzene rings is 14. The first-order chi connectivity index (χ1) is 39.7. The van der Waals surface area contributed by atoms with Gasteiger partial charge in [0, 0.05) is 65.7 Å². The van der Waals surface area contributed by atoms with Crippen LogP contribution in [0, 0.1) is 0 Å². The Kier molecular flexibility index (Phi) is 11.5. The molecule has 0 aliphatic rings. The summed E-state index contributed by atoms with van der Waals surface area (Å²) in [4.78, 5) is 0. The van der Waals surface area contributed by atoms with Gasteiger partial charge in [-0.15, -0.1) is 0 Å². The van der Waals surface area contributed by atoms with E-state index in [1.165, 1.54) is 43.1 Å². The lowest BCUT2D eigenvalue weighted by Gasteiger charge is -2.17. The van der Waals surface area contributed by atoms with Crippen molar-refractivity contribution in [3.8, 4) is 22.7 Å². The summed E-state index contributed by atoms with van der Waals surface area (Å²) in [6.45, 7) is 0. The topological polar surface area (TPSA) is 19.7 Å². The van der Waals surface area contributed by atoms with E-state index in [1.54, 1.807) is 0 Å². The molecule has 0 spiro atoms. The predicted molar refractivity (Wildman–Crippen MR) is 341 cm³/mol. The van der Waals surface area contributed by atoms with Crippen LogP contribution in [0.15, 0.2) is 315 Å². The average molecular weight is 1020 g/mol. The Morgan fingerprint density at radius 1 is 0.138 bits per heavy atom. The van der Waals surface area contributed by atoms with Crippen LogP contribution in [-0.4, -0.2) is 18.3 Å². The number of aromatic nitrogens is 4. The van der Waals surface area contributed by atoms with E-state index in [4.69, 9.17) is 0 Å². The van der Waals surface area contributed by atoms with E-state index in [9.17, 15) is 0 Å². The molecule has 12 bridgehead atoms. The van der Waals surface area contributed by atoms with Crippen LogP contribution in [-0.2, 0) is 0 Å². The summed E-state index contributed by atoms with van der Waals surface area (Å²) in [7, 11) is 0. The van der Waals surface area contributed by atoms with Crippen molar-refractivity contribution >= 4 is 109 Å². The number of nitrogens with zero attached hydrogens (tertiary/aromatic N) is 4. The summed E-state index contributed by atoms with van der Waals surface area (Å²) in [6, 6.07) is 115. The lowest BCUT2D eigenvalue weighted by Crippen LogP contribution is -2.01. The van der Waals surface area contributed by atoms with Gasteiger partial charge in [0.2, 0.25) is 0 Å². The molecule has 4 nitrogen and oxygen atoms in total. The van der Waals surface area contributed by atoms with Crippen LogP contribution >= 0.6 is 0 Å². The molecule has 0 radical (unpaired) electrons. The molecule has 0 atom stereocenters. The van der Waals surface area contributed by atoms with Crippen LogP contribution in [0.5, 0.6) is 0 Å². The third kappa shape index (κ3) is 8.26. The van der Waals surface area contributed by atoms with Crippen molar-refractivity contribution in [2.75, 3.05) is 0 Å². The third-order valence-corrected chi connectivity index (χ3v) is 15.9. The second-order valence-corrected chi connectivity index (χ2v) is 20.6. The minimum Gasteiger partial charge on any atom is -0.310 e. The maximum absolute atomic E-state index is 2.41. The van der Waals surface area contributed by atoms with Gasteiger partial charge in [0.15, 0.2) is 0 Å². The zero-order valence-electron chi connectivity index (χ0n) is 43.8. The van der Waals surface area contributed by atoms with E-state index in [1.807, 2.05) is 0 Å². The van der Waals surface area contributed by atoms with E-state index in [-0.39, 0.29) is 0 Å². The predicted octanol–water partition coefficient (Wildman–Crippen LogP) is 20.3. The summed E-state index contributed by atoms with van der Waals surface area (Å²) >= 11 is 0. The van der Waals surface area contributed by atoms with Crippen molar-refractivity contribution in [1.29, 1.82) is 0 Å². The van der Waals surface area contributed by atoms with E-state index >= 15 is 0 Å². The molecule has 0 aliphatic heterocycles. The van der Waals surface area contributed by atoms with Crippen LogP contribution in [0.25, 0.3) is 132 Å². The van der Waals surface area contributed by atoms with Crippen molar-refractivity contribution in [3.05, 3.63) is 315 Å². The molecule has 0 N–H and O–H groups in total. The highest BCUT2D eigenvalue weighted by atomic mass is 15.0. The molecular weight excluding hydrogens is 969 g/mol. The third-order valence-electron chi connectivity index (χ3n) is 15.9. The molecule has 4 heteroatoms. The number of fused-ring (bicyclic) bond motifs is 4. The first-order valence-corrected chi connectivity index (χ1v) is 27.4. The molecule has 0 saturated heterocycles. The first-order valence-electron chi connectivity index (χ1n) is 27.4. The molecule has 21 aromatic rings. The van der Waals surface area contributed by atoms with E-state index < -0.39 is 0 Å². The quantitative estimate of drug-likeness (QED) is 0.167. The van der Waals surface area contributed by atoms with Gasteiger partial charge in [-0.3, -0.25) is 0 Å². The Labute approximate surface area is 462 Å². The van der Waals surface area contributed by atoms with Gasteiger partial charge in [-0.25, -0.2) is 0 Å². The first kappa shape index (κ1) is 46.6. The summed E-state index contributed by atoms with van der Waals surface area (Å²) in [5.74, 6) is 0. The summed E-state index contributed by atoms with van der Waals surface area (Å²) in [5, 5.41) is 14.0. The largest absolute Gasteiger partial charge is 0.310 e. The zero-order chi connectivity index (χ0) is 52.9. The molecule has 0 aliphatic carbocycles. The molecule has 14 aromatic carbocycles. The molecule has 376 valence electrons. The Balaban J connectivity index is 1.08. The molecule has 21 rings (SSSR count). The molecule has 7 aromatic heterocycles. The minimum absolute atomic E-state index is 1.05. The highest BCUT2D eigenvalue weighted by Crippen LogP contribution is 2.33. The molecule has 0 amide bonds. The van der Waals surface area contributed by atoms with Crippen LogP contribution < -0.4 is 0 Å². The van der Waals surface area contributed by atoms with Gasteiger partial charge < -0.3 is 18.3 Å². The summed E-state index contributed by atoms with van der Waals surface area (Å²) in [6.07, 6.45) is 0. The van der Waals surface area contributed by atoms with Gasteiger partial charge >= 0.3 is 0 Å². The monoisotopic (exact) mass is 1020 g/mol. The second-order valence-electron chi connectivity index (χ2n) is 20.6. The van der Waals surface area contributed by atoms with Crippen LogP contribution in [0.1, 0.15) is 0 Å². The Morgan fingerprint density at radius 3 is 0.575 bits per heavy atom. The molecule has 0 fully saturated rings. The van der Waals surface area contributed by atoms with Crippen molar-refractivity contribution in [2.45, 2.75) is 0 Å². The highest BCUT2D eigenvalue weighted by Gasteiger charge is 2.12. The summed E-state index contributed by atoms with van der Waals surface area (Å²) < 4.78 is 9.64. The molecule has 0 unspecified atom stereocenters. The van der Waals surface area contributed by atoms with Gasteiger partial charge in [0.25, 0.3) is 0 Å². The van der Waals surface area contributed by atoms with E-state index in [0.717, 1.165) is 88.4 Å². The molecule has 80 heavy (non-hydrogen) atoms. The molecular formula is C76H52N4. The Bertz CT molecular complexity index is 4470. The van der Waals surface area contributed by atoms with E-state index in [0.29, 0.717) is 0 Å². The number of hydrogen-bond acceptors (Lipinski definition) is 0. The molecule has 7 heterocycles. The zero-order valence-corrected chi connectivity index (χ0v) is 43.8. The summed E-state index contributed by atoms with van der Waals surface area (Å²) in [5.41, 5.74) is 12.9. The Morgan fingerprint density at radius 2 is 0.338 bits per heavy atom. The van der Waals surface area contributed by atoms with Gasteiger partial charge in [-0.1, -0.05) is 206 Å². The standard InChI is InChI=1S/C76H52N4/c1-5-27-69-57(15-1)19-9-31-73(69)77-61-43-35-53(36-44-61)54-37-47-63(48-38-54)79(75-33-11-21-59-17-3-7-29-71(59)75)67-25-14-26-68(52-67)80(76-34-12-22-60-18-4-8-30-72(60)76)64-49-41-56(42-50-64)55-39-45-62(46-40-55)78(66-24-13-23-65(77)51-66)74-32-10-20-58-16-2-6-28-70(58)74/h1-52H. The average Bonchev–Trinajstić information content (AvgIpc) is 3.56. The van der Waals surface area contributed by atoms with Gasteiger partial charge in [-0.05, 0) is 152 Å². The van der Waals surface area contributed by atoms with Crippen LogP contribution in [0.4, 0.5) is 0 Å². The second kappa shape index (κ2) is 19.7. The lowest BCUT2D eigenvalue weighted by atomic mass is 10.1. The fourth-order valence-corrected chi connectivity index (χ4v) is 12.1. The Hall–Kier alpha value is -10.7. The van der Waals surface area contributed by atoms with Crippen LogP contribution in [0.2, 0.25) is 0 Å². The van der Waals surface area contributed by atoms with Gasteiger partial charge in [0.1, 0.15) is 0 Å². The van der Waals surface area contributed by atoms with Crippen molar-refractivity contribution in [1.82, 2.24) is 18.3 Å². The van der Waals surface area contributed by atoms with Crippen molar-refractivity contribution in [3.63, 3.8) is 0 Å². The van der Waals surface area contributed by atoms with Gasteiger partial charge in [0.05, 0.1) is 22.7 Å². The van der Waals surface area contributed by atoms with E-state index in [2.05, 4.69) is 334 Å². The molecule has 0 saturated carbocycles.